The van der Waals surface area contributed by atoms with E-state index >= 15 is 0 Å². The highest BCUT2D eigenvalue weighted by atomic mass is 32.2. The molecule has 2 aromatic carbocycles. The highest BCUT2D eigenvalue weighted by Gasteiger charge is 2.20. The van der Waals surface area contributed by atoms with Crippen molar-refractivity contribution in [2.75, 3.05) is 20.8 Å². The molecule has 0 bridgehead atoms. The fourth-order valence-electron chi connectivity index (χ4n) is 3.15. The fourth-order valence-corrected chi connectivity index (χ4v) is 4.17. The van der Waals surface area contributed by atoms with Crippen LogP contribution in [-0.4, -0.2) is 35.5 Å². The lowest BCUT2D eigenvalue weighted by atomic mass is 10.2. The number of hydrogen-bond acceptors (Lipinski definition) is 7. The summed E-state index contributed by atoms with van der Waals surface area (Å²) in [6.45, 7) is 1.75. The molecule has 0 spiro atoms. The number of benzene rings is 2. The Balaban J connectivity index is 2.10. The summed E-state index contributed by atoms with van der Waals surface area (Å²) < 4.78 is 12.2. The average molecular weight is 426 g/mol. The molecule has 0 amide bonds. The van der Waals surface area contributed by atoms with Crippen molar-refractivity contribution < 1.29 is 14.6 Å². The monoisotopic (exact) mass is 425 g/mol. The number of aliphatic hydroxyl groups excluding tert-OH is 1. The maximum atomic E-state index is 13.3. The molecule has 1 unspecified atom stereocenters. The Morgan fingerprint density at radius 1 is 1.20 bits per heavy atom. The SMILES string of the molecule is CCC(CO)n1c(SCc2ccc(C#N)cc2)nc2cc(OC)c(OC)cc2c1=O. The van der Waals surface area contributed by atoms with Gasteiger partial charge in [0, 0.05) is 11.8 Å². The van der Waals surface area contributed by atoms with Crippen molar-refractivity contribution in [1.29, 1.82) is 5.26 Å². The topological polar surface area (TPSA) is 97.4 Å². The lowest BCUT2D eigenvalue weighted by Gasteiger charge is -2.20. The fraction of sp³-hybridized carbons (Fsp3) is 0.318. The molecule has 0 aliphatic rings. The molecule has 3 aromatic rings. The first-order valence-electron chi connectivity index (χ1n) is 9.47. The molecular weight excluding hydrogens is 402 g/mol. The van der Waals surface area contributed by atoms with Gasteiger partial charge in [0.1, 0.15) is 0 Å². The van der Waals surface area contributed by atoms with Gasteiger partial charge in [-0.25, -0.2) is 4.98 Å². The van der Waals surface area contributed by atoms with Gasteiger partial charge in [0.05, 0.1) is 49.4 Å². The maximum Gasteiger partial charge on any atom is 0.262 e. The third kappa shape index (κ3) is 4.27. The first-order valence-corrected chi connectivity index (χ1v) is 10.5. The van der Waals surface area contributed by atoms with Crippen molar-refractivity contribution in [2.45, 2.75) is 30.3 Å². The van der Waals surface area contributed by atoms with Gasteiger partial charge in [0.15, 0.2) is 16.7 Å². The average Bonchev–Trinajstić information content (AvgIpc) is 2.79. The summed E-state index contributed by atoms with van der Waals surface area (Å²) in [7, 11) is 3.05. The third-order valence-corrected chi connectivity index (χ3v) is 5.90. The second kappa shape index (κ2) is 9.65. The summed E-state index contributed by atoms with van der Waals surface area (Å²) in [5.74, 6) is 1.51. The number of nitrogens with zero attached hydrogens (tertiary/aromatic N) is 3. The van der Waals surface area contributed by atoms with E-state index in [1.807, 2.05) is 19.1 Å². The maximum absolute atomic E-state index is 13.3. The molecule has 0 saturated heterocycles. The van der Waals surface area contributed by atoms with Crippen LogP contribution in [0, 0.1) is 11.3 Å². The summed E-state index contributed by atoms with van der Waals surface area (Å²) in [6.07, 6.45) is 0.585. The second-order valence-corrected chi connectivity index (χ2v) is 7.58. The zero-order valence-corrected chi connectivity index (χ0v) is 17.9. The zero-order valence-electron chi connectivity index (χ0n) is 17.1. The molecule has 0 aliphatic carbocycles. The van der Waals surface area contributed by atoms with Crippen molar-refractivity contribution in [3.8, 4) is 17.6 Å². The molecule has 7 nitrogen and oxygen atoms in total. The smallest absolute Gasteiger partial charge is 0.262 e. The summed E-state index contributed by atoms with van der Waals surface area (Å²) in [6, 6.07) is 12.3. The standard InChI is InChI=1S/C22H23N3O4S/c1-4-16(12-26)25-21(27)17-9-19(28-2)20(29-3)10-18(17)24-22(25)30-13-15-7-5-14(11-23)6-8-15/h5-10,16,26H,4,12-13H2,1-3H3. The van der Waals surface area contributed by atoms with Crippen molar-refractivity contribution in [1.82, 2.24) is 9.55 Å². The molecule has 30 heavy (non-hydrogen) atoms. The van der Waals surface area contributed by atoms with Crippen molar-refractivity contribution in [2.24, 2.45) is 0 Å². The van der Waals surface area contributed by atoms with E-state index in [1.165, 1.54) is 26.0 Å². The van der Waals surface area contributed by atoms with Gasteiger partial charge in [-0.3, -0.25) is 9.36 Å². The number of aromatic nitrogens is 2. The van der Waals surface area contributed by atoms with E-state index in [0.29, 0.717) is 45.3 Å². The lowest BCUT2D eigenvalue weighted by molar-refractivity contribution is 0.213. The van der Waals surface area contributed by atoms with Gasteiger partial charge in [-0.2, -0.15) is 5.26 Å². The quantitative estimate of drug-likeness (QED) is 0.436. The first-order chi connectivity index (χ1) is 14.6. The first kappa shape index (κ1) is 21.7. The molecule has 1 heterocycles. The molecule has 8 heteroatoms. The predicted octanol–water partition coefficient (Wildman–Crippen LogP) is 3.52. The number of thioether (sulfide) groups is 1. The summed E-state index contributed by atoms with van der Waals surface area (Å²) in [5.41, 5.74) is 1.87. The van der Waals surface area contributed by atoms with Gasteiger partial charge in [0.25, 0.3) is 5.56 Å². The molecular formula is C22H23N3O4S. The van der Waals surface area contributed by atoms with Gasteiger partial charge in [0.2, 0.25) is 0 Å². The van der Waals surface area contributed by atoms with Gasteiger partial charge >= 0.3 is 0 Å². The van der Waals surface area contributed by atoms with Crippen LogP contribution in [0.3, 0.4) is 0 Å². The van der Waals surface area contributed by atoms with Crippen LogP contribution in [0.4, 0.5) is 0 Å². The number of fused-ring (bicyclic) bond motifs is 1. The van der Waals surface area contributed by atoms with E-state index in [0.717, 1.165) is 5.56 Å². The highest BCUT2D eigenvalue weighted by molar-refractivity contribution is 7.98. The normalized spacial score (nSPS) is 11.8. The molecule has 1 N–H and O–H groups in total. The van der Waals surface area contributed by atoms with E-state index in [1.54, 1.807) is 28.8 Å². The van der Waals surface area contributed by atoms with Crippen LogP contribution in [0.25, 0.3) is 10.9 Å². The van der Waals surface area contributed by atoms with Gasteiger partial charge < -0.3 is 14.6 Å². The Hall–Kier alpha value is -3.02. The Labute approximate surface area is 178 Å². The van der Waals surface area contributed by atoms with Gasteiger partial charge in [-0.05, 0) is 30.2 Å². The third-order valence-electron chi connectivity index (χ3n) is 4.87. The van der Waals surface area contributed by atoms with Crippen molar-refractivity contribution >= 4 is 22.7 Å². The molecule has 0 radical (unpaired) electrons. The molecule has 1 atom stereocenters. The van der Waals surface area contributed by atoms with Crippen LogP contribution < -0.4 is 15.0 Å². The predicted molar refractivity (Wildman–Crippen MR) is 116 cm³/mol. The number of aliphatic hydroxyl groups is 1. The number of methoxy groups -OCH3 is 2. The van der Waals surface area contributed by atoms with Crippen LogP contribution in [0.5, 0.6) is 11.5 Å². The number of rotatable bonds is 8. The van der Waals surface area contributed by atoms with E-state index in [-0.39, 0.29) is 18.2 Å². The summed E-state index contributed by atoms with van der Waals surface area (Å²) >= 11 is 1.41. The molecule has 0 aliphatic heterocycles. The minimum atomic E-state index is -0.383. The Morgan fingerprint density at radius 2 is 1.87 bits per heavy atom. The Bertz CT molecular complexity index is 1130. The van der Waals surface area contributed by atoms with Gasteiger partial charge in [-0.15, -0.1) is 0 Å². The molecule has 1 aromatic heterocycles. The van der Waals surface area contributed by atoms with Crippen molar-refractivity contribution in [3.05, 3.63) is 57.9 Å². The lowest BCUT2D eigenvalue weighted by Crippen LogP contribution is -2.29. The Kier molecular flexibility index (Phi) is 6.98. The van der Waals surface area contributed by atoms with E-state index in [9.17, 15) is 9.90 Å². The van der Waals surface area contributed by atoms with Gasteiger partial charge in [-0.1, -0.05) is 30.8 Å². The van der Waals surface area contributed by atoms with E-state index in [2.05, 4.69) is 6.07 Å². The second-order valence-electron chi connectivity index (χ2n) is 6.64. The van der Waals surface area contributed by atoms with E-state index in [4.69, 9.17) is 19.7 Å². The number of hydrogen-bond donors (Lipinski definition) is 1. The van der Waals surface area contributed by atoms with Crippen LogP contribution in [0.2, 0.25) is 0 Å². The molecule has 0 fully saturated rings. The van der Waals surface area contributed by atoms with Crippen molar-refractivity contribution in [3.63, 3.8) is 0 Å². The molecule has 156 valence electrons. The largest absolute Gasteiger partial charge is 0.493 e. The van der Waals surface area contributed by atoms with E-state index < -0.39 is 0 Å². The highest BCUT2D eigenvalue weighted by Crippen LogP contribution is 2.32. The van der Waals surface area contributed by atoms with Crippen LogP contribution >= 0.6 is 11.8 Å². The van der Waals surface area contributed by atoms with Crippen LogP contribution in [0.1, 0.15) is 30.5 Å². The molecule has 3 rings (SSSR count). The summed E-state index contributed by atoms with van der Waals surface area (Å²) in [5, 5.41) is 19.7. The van der Waals surface area contributed by atoms with Crippen LogP contribution in [0.15, 0.2) is 46.3 Å². The minimum Gasteiger partial charge on any atom is -0.493 e. The zero-order chi connectivity index (χ0) is 21.7. The molecule has 0 saturated carbocycles. The van der Waals surface area contributed by atoms with Crippen LogP contribution in [-0.2, 0) is 5.75 Å². The number of ether oxygens (including phenoxy) is 2. The minimum absolute atomic E-state index is 0.165. The number of nitriles is 1. The Morgan fingerprint density at radius 3 is 2.43 bits per heavy atom. The summed E-state index contributed by atoms with van der Waals surface area (Å²) in [4.78, 5) is 18.0.